The van der Waals surface area contributed by atoms with Crippen molar-refractivity contribution in [2.45, 2.75) is 70.0 Å². The van der Waals surface area contributed by atoms with Crippen LogP contribution in [0.2, 0.25) is 0 Å². The molecule has 4 rings (SSSR count). The Kier molecular flexibility index (Phi) is 8.21. The third-order valence-corrected chi connectivity index (χ3v) is 6.88. The van der Waals surface area contributed by atoms with E-state index < -0.39 is 6.29 Å². The summed E-state index contributed by atoms with van der Waals surface area (Å²) in [6.45, 7) is 0.405. The first-order valence-electron chi connectivity index (χ1n) is 11.4. The van der Waals surface area contributed by atoms with Crippen LogP contribution in [0.25, 0.3) is 0 Å². The summed E-state index contributed by atoms with van der Waals surface area (Å²) in [7, 11) is 0. The van der Waals surface area contributed by atoms with Gasteiger partial charge in [-0.2, -0.15) is 0 Å². The van der Waals surface area contributed by atoms with E-state index in [0.29, 0.717) is 18.8 Å². The van der Waals surface area contributed by atoms with Crippen LogP contribution in [0.4, 0.5) is 0 Å². The molecular formula is C26H30INO4. The summed E-state index contributed by atoms with van der Waals surface area (Å²) < 4.78 is 13.3. The molecule has 170 valence electrons. The number of allylic oxidation sites excluding steroid dienone is 1. The molecule has 0 aromatic heterocycles. The first-order chi connectivity index (χ1) is 15.6. The predicted octanol–water partition coefficient (Wildman–Crippen LogP) is 5.16. The zero-order valence-corrected chi connectivity index (χ0v) is 20.3. The second-order valence-corrected chi connectivity index (χ2v) is 9.81. The Labute approximate surface area is 203 Å². The first-order valence-corrected chi connectivity index (χ1v) is 12.4. The quantitative estimate of drug-likeness (QED) is 0.470. The maximum absolute atomic E-state index is 13.0. The van der Waals surface area contributed by atoms with Crippen molar-refractivity contribution in [3.8, 4) is 0 Å². The average molecular weight is 547 g/mol. The second-order valence-electron chi connectivity index (χ2n) is 8.57. The smallest absolute Gasteiger partial charge is 0.286 e. The van der Waals surface area contributed by atoms with E-state index in [1.54, 1.807) is 0 Å². The predicted molar refractivity (Wildman–Crippen MR) is 132 cm³/mol. The molecule has 5 nitrogen and oxygen atoms in total. The molecule has 0 saturated heterocycles. The normalized spacial score (nSPS) is 21.5. The largest absolute Gasteiger partial charge is 0.459 e. The fraction of sp³-hybridized carbons (Fsp3) is 0.423. The van der Waals surface area contributed by atoms with Crippen LogP contribution in [0.1, 0.15) is 61.1 Å². The lowest BCUT2D eigenvalue weighted by molar-refractivity contribution is -0.150. The van der Waals surface area contributed by atoms with Crippen molar-refractivity contribution in [2.75, 3.05) is 0 Å². The molecule has 2 aromatic rings. The molecule has 2 aliphatic rings. The molecular weight excluding hydrogens is 517 g/mol. The molecule has 6 heteroatoms. The lowest BCUT2D eigenvalue weighted by atomic mass is 9.92. The summed E-state index contributed by atoms with van der Waals surface area (Å²) in [5, 5.41) is 12.4. The van der Waals surface area contributed by atoms with E-state index in [-0.39, 0.29) is 24.5 Å². The number of hydrogen-bond acceptors (Lipinski definition) is 4. The van der Waals surface area contributed by atoms with Gasteiger partial charge in [0.1, 0.15) is 0 Å². The Balaban J connectivity index is 1.46. The molecule has 2 atom stereocenters. The van der Waals surface area contributed by atoms with Crippen LogP contribution in [0.15, 0.2) is 60.4 Å². The van der Waals surface area contributed by atoms with Gasteiger partial charge in [-0.3, -0.25) is 4.79 Å². The maximum atomic E-state index is 13.0. The Bertz CT molecular complexity index is 920. The van der Waals surface area contributed by atoms with Crippen LogP contribution in [-0.2, 0) is 27.5 Å². The standard InChI is InChI=1S/C26H30INO4/c27-22-12-10-20(11-13-22)21-14-24(26(30)28-23-4-2-1-3-5-23)32-25(15-21)31-17-19-8-6-18(16-29)7-9-19/h6-14,21,23,25,29H,1-5,15-17H2,(H,28,30)/t21-,25+/m1/s1. The van der Waals surface area contributed by atoms with E-state index in [9.17, 15) is 9.90 Å². The molecule has 1 aliphatic heterocycles. The fourth-order valence-corrected chi connectivity index (χ4v) is 4.65. The molecule has 1 heterocycles. The molecule has 1 aliphatic carbocycles. The molecule has 0 radical (unpaired) electrons. The minimum absolute atomic E-state index is 0.0226. The van der Waals surface area contributed by atoms with Crippen LogP contribution in [0.3, 0.4) is 0 Å². The number of hydrogen-bond donors (Lipinski definition) is 2. The average Bonchev–Trinajstić information content (AvgIpc) is 2.84. The zero-order valence-electron chi connectivity index (χ0n) is 18.1. The van der Waals surface area contributed by atoms with Gasteiger partial charge in [0.25, 0.3) is 5.91 Å². The molecule has 1 fully saturated rings. The highest BCUT2D eigenvalue weighted by Gasteiger charge is 2.30. The number of ether oxygens (including phenoxy) is 2. The van der Waals surface area contributed by atoms with Gasteiger partial charge in [0.2, 0.25) is 6.29 Å². The van der Waals surface area contributed by atoms with E-state index in [4.69, 9.17) is 9.47 Å². The minimum Gasteiger partial charge on any atom is -0.459 e. The molecule has 32 heavy (non-hydrogen) atoms. The molecule has 2 N–H and O–H groups in total. The highest BCUT2D eigenvalue weighted by molar-refractivity contribution is 14.1. The number of rotatable bonds is 7. The van der Waals surface area contributed by atoms with E-state index >= 15 is 0 Å². The molecule has 0 unspecified atom stereocenters. The second kappa shape index (κ2) is 11.3. The van der Waals surface area contributed by atoms with Gasteiger partial charge in [0.05, 0.1) is 13.2 Å². The summed E-state index contributed by atoms with van der Waals surface area (Å²) in [5.74, 6) is 0.258. The van der Waals surface area contributed by atoms with Crippen LogP contribution >= 0.6 is 22.6 Å². The summed E-state index contributed by atoms with van der Waals surface area (Å²) in [6, 6.07) is 16.3. The van der Waals surface area contributed by atoms with Crippen molar-refractivity contribution in [1.82, 2.24) is 5.32 Å². The first kappa shape index (κ1) is 23.3. The third kappa shape index (κ3) is 6.33. The zero-order chi connectivity index (χ0) is 22.3. The minimum atomic E-state index is -0.506. The number of carbonyl (C=O) groups is 1. The lowest BCUT2D eigenvalue weighted by Gasteiger charge is -2.30. The number of aliphatic hydroxyl groups is 1. The number of halogens is 1. The van der Waals surface area contributed by atoms with E-state index in [1.165, 1.54) is 9.99 Å². The van der Waals surface area contributed by atoms with Crippen molar-refractivity contribution in [1.29, 1.82) is 0 Å². The number of carbonyl (C=O) groups excluding carboxylic acids is 1. The van der Waals surface area contributed by atoms with Gasteiger partial charge in [-0.25, -0.2) is 0 Å². The molecule has 0 spiro atoms. The summed E-state index contributed by atoms with van der Waals surface area (Å²) >= 11 is 2.30. The molecule has 1 saturated carbocycles. The van der Waals surface area contributed by atoms with Gasteiger partial charge >= 0.3 is 0 Å². The van der Waals surface area contributed by atoms with Crippen molar-refractivity contribution >= 4 is 28.5 Å². The third-order valence-electron chi connectivity index (χ3n) is 6.16. The highest BCUT2D eigenvalue weighted by Crippen LogP contribution is 2.32. The highest BCUT2D eigenvalue weighted by atomic mass is 127. The van der Waals surface area contributed by atoms with E-state index in [2.05, 4.69) is 52.2 Å². The van der Waals surface area contributed by atoms with Crippen molar-refractivity contribution in [3.05, 3.63) is 80.6 Å². The van der Waals surface area contributed by atoms with Gasteiger partial charge in [-0.15, -0.1) is 0 Å². The van der Waals surface area contributed by atoms with E-state index in [0.717, 1.165) is 42.4 Å². The van der Waals surface area contributed by atoms with Crippen LogP contribution in [0, 0.1) is 3.57 Å². The number of nitrogens with one attached hydrogen (secondary N) is 1. The summed E-state index contributed by atoms with van der Waals surface area (Å²) in [4.78, 5) is 13.0. The Morgan fingerprint density at radius 1 is 1.03 bits per heavy atom. The van der Waals surface area contributed by atoms with Gasteiger partial charge in [0.15, 0.2) is 5.76 Å². The summed E-state index contributed by atoms with van der Waals surface area (Å²) in [6.07, 6.45) is 7.72. The van der Waals surface area contributed by atoms with Gasteiger partial charge < -0.3 is 19.9 Å². The van der Waals surface area contributed by atoms with Crippen molar-refractivity contribution in [2.24, 2.45) is 0 Å². The fourth-order valence-electron chi connectivity index (χ4n) is 4.29. The summed E-state index contributed by atoms with van der Waals surface area (Å²) in [5.41, 5.74) is 3.02. The molecule has 1 amide bonds. The van der Waals surface area contributed by atoms with Gasteiger partial charge in [0, 0.05) is 22.0 Å². The van der Waals surface area contributed by atoms with Crippen LogP contribution in [-0.4, -0.2) is 23.3 Å². The van der Waals surface area contributed by atoms with Crippen molar-refractivity contribution < 1.29 is 19.4 Å². The number of benzene rings is 2. The van der Waals surface area contributed by atoms with E-state index in [1.807, 2.05) is 30.3 Å². The maximum Gasteiger partial charge on any atom is 0.286 e. The van der Waals surface area contributed by atoms with Crippen LogP contribution < -0.4 is 5.32 Å². The Morgan fingerprint density at radius 3 is 2.41 bits per heavy atom. The lowest BCUT2D eigenvalue weighted by Crippen LogP contribution is -2.39. The molecule has 0 bridgehead atoms. The SMILES string of the molecule is O=C(NC1CCCCC1)C1=C[C@@H](c2ccc(I)cc2)C[C@@H](OCc2ccc(CO)cc2)O1. The topological polar surface area (TPSA) is 67.8 Å². The Hall–Kier alpha value is -1.90. The van der Waals surface area contributed by atoms with Gasteiger partial charge in [-0.1, -0.05) is 55.7 Å². The number of aliphatic hydroxyl groups excluding tert-OH is 1. The monoisotopic (exact) mass is 547 g/mol. The Morgan fingerprint density at radius 2 is 1.72 bits per heavy atom. The van der Waals surface area contributed by atoms with Crippen molar-refractivity contribution in [3.63, 3.8) is 0 Å². The number of amides is 1. The van der Waals surface area contributed by atoms with Gasteiger partial charge in [-0.05, 0) is 70.3 Å². The molecule has 2 aromatic carbocycles. The van der Waals surface area contributed by atoms with Crippen LogP contribution in [0.5, 0.6) is 0 Å².